The number of benzene rings is 2. The van der Waals surface area contributed by atoms with Crippen LogP contribution in [0.3, 0.4) is 0 Å². The van der Waals surface area contributed by atoms with E-state index < -0.39 is 5.91 Å². The van der Waals surface area contributed by atoms with Gasteiger partial charge in [-0.05, 0) is 31.2 Å². The number of carbonyl (C=O) groups excluding carboxylic acids is 1. The Morgan fingerprint density at radius 3 is 2.83 bits per heavy atom. The molecule has 0 saturated carbocycles. The van der Waals surface area contributed by atoms with E-state index in [1.54, 1.807) is 36.5 Å². The fraction of sp³-hybridized carbons (Fsp3) is 0.111. The number of primary amides is 1. The Morgan fingerprint density at radius 1 is 1.25 bits per heavy atom. The predicted octanol–water partition coefficient (Wildman–Crippen LogP) is 3.49. The highest BCUT2D eigenvalue weighted by atomic mass is 16.5. The van der Waals surface area contributed by atoms with E-state index in [-0.39, 0.29) is 0 Å². The number of nitrogens with one attached hydrogen (secondary N) is 1. The van der Waals surface area contributed by atoms with E-state index in [4.69, 9.17) is 14.9 Å². The van der Waals surface area contributed by atoms with Crippen molar-refractivity contribution in [1.29, 1.82) is 0 Å². The molecule has 0 fully saturated rings. The van der Waals surface area contributed by atoms with Crippen LogP contribution < -0.4 is 15.8 Å². The number of carbonyl (C=O) groups is 1. The van der Waals surface area contributed by atoms with E-state index in [9.17, 15) is 4.79 Å². The zero-order valence-corrected chi connectivity index (χ0v) is 13.2. The summed E-state index contributed by atoms with van der Waals surface area (Å²) in [7, 11) is 0. The number of amides is 1. The van der Waals surface area contributed by atoms with Crippen LogP contribution in [0.15, 0.2) is 59.1 Å². The van der Waals surface area contributed by atoms with Crippen LogP contribution in [-0.2, 0) is 6.54 Å². The first-order chi connectivity index (χ1) is 11.6. The Morgan fingerprint density at radius 2 is 2.08 bits per heavy atom. The molecule has 0 saturated heterocycles. The third-order valence-electron chi connectivity index (χ3n) is 3.33. The normalized spacial score (nSPS) is 10.4. The molecule has 0 bridgehead atoms. The summed E-state index contributed by atoms with van der Waals surface area (Å²) in [5.74, 6) is 1.87. The number of ether oxygens (including phenoxy) is 1. The maximum Gasteiger partial charge on any atom is 0.252 e. The second-order valence-electron chi connectivity index (χ2n) is 5.21. The van der Waals surface area contributed by atoms with Crippen molar-refractivity contribution in [3.8, 4) is 11.5 Å². The number of hydrogen-bond acceptors (Lipinski definition) is 5. The highest BCUT2D eigenvalue weighted by Crippen LogP contribution is 2.27. The van der Waals surface area contributed by atoms with Gasteiger partial charge in [0.25, 0.3) is 5.91 Å². The van der Waals surface area contributed by atoms with Gasteiger partial charge in [0.2, 0.25) is 5.89 Å². The number of aromatic nitrogens is 1. The van der Waals surface area contributed by atoms with Gasteiger partial charge in [0, 0.05) is 11.8 Å². The number of nitrogens with two attached hydrogens (primary N) is 1. The lowest BCUT2D eigenvalue weighted by Gasteiger charge is -2.11. The Balaban J connectivity index is 1.72. The molecule has 0 unspecified atom stereocenters. The molecule has 0 aliphatic heterocycles. The van der Waals surface area contributed by atoms with Gasteiger partial charge < -0.3 is 20.2 Å². The van der Waals surface area contributed by atoms with E-state index in [0.717, 1.165) is 11.4 Å². The summed E-state index contributed by atoms with van der Waals surface area (Å²) < 4.78 is 11.2. The molecule has 122 valence electrons. The summed E-state index contributed by atoms with van der Waals surface area (Å²) in [6.45, 7) is 2.32. The number of rotatable bonds is 6. The van der Waals surface area contributed by atoms with Crippen LogP contribution in [0.25, 0.3) is 0 Å². The first kappa shape index (κ1) is 15.6. The van der Waals surface area contributed by atoms with Crippen molar-refractivity contribution in [1.82, 2.24) is 4.98 Å². The number of nitrogens with zero attached hydrogens (tertiary/aromatic N) is 1. The summed E-state index contributed by atoms with van der Waals surface area (Å²) in [5, 5.41) is 3.21. The van der Waals surface area contributed by atoms with Gasteiger partial charge in [-0.2, -0.15) is 0 Å². The Labute approximate surface area is 139 Å². The van der Waals surface area contributed by atoms with Crippen molar-refractivity contribution in [2.24, 2.45) is 5.73 Å². The lowest BCUT2D eigenvalue weighted by molar-refractivity contribution is 0.0998. The lowest BCUT2D eigenvalue weighted by Crippen LogP contribution is -2.12. The van der Waals surface area contributed by atoms with Crippen molar-refractivity contribution < 1.29 is 13.9 Å². The monoisotopic (exact) mass is 323 g/mol. The van der Waals surface area contributed by atoms with Crippen LogP contribution in [0.2, 0.25) is 0 Å². The molecule has 0 atom stereocenters. The van der Waals surface area contributed by atoms with Gasteiger partial charge in [-0.25, -0.2) is 4.98 Å². The molecule has 6 heteroatoms. The average molecular weight is 323 g/mol. The molecule has 0 aliphatic rings. The SMILES string of the molecule is Cc1cnc(CNc2cccc(Oc3ccccc3C(N)=O)c2)o1. The van der Waals surface area contributed by atoms with Gasteiger partial charge in [-0.15, -0.1) is 0 Å². The molecule has 3 N–H and O–H groups in total. The van der Waals surface area contributed by atoms with E-state index in [1.165, 1.54) is 0 Å². The summed E-state index contributed by atoms with van der Waals surface area (Å²) in [5.41, 5.74) is 6.55. The Bertz CT molecular complexity index is 858. The molecule has 1 amide bonds. The smallest absolute Gasteiger partial charge is 0.252 e. The Kier molecular flexibility index (Phi) is 4.47. The van der Waals surface area contributed by atoms with Crippen LogP contribution in [0.1, 0.15) is 22.0 Å². The molecule has 0 radical (unpaired) electrons. The molecular formula is C18H17N3O3. The van der Waals surface area contributed by atoms with Gasteiger partial charge in [0.05, 0.1) is 18.3 Å². The van der Waals surface area contributed by atoms with Gasteiger partial charge in [-0.3, -0.25) is 4.79 Å². The summed E-state index contributed by atoms with van der Waals surface area (Å²) in [6.07, 6.45) is 1.68. The highest BCUT2D eigenvalue weighted by molar-refractivity contribution is 5.95. The minimum atomic E-state index is -0.529. The van der Waals surface area contributed by atoms with Crippen molar-refractivity contribution in [2.45, 2.75) is 13.5 Å². The van der Waals surface area contributed by atoms with Gasteiger partial charge in [0.15, 0.2) is 0 Å². The summed E-state index contributed by atoms with van der Waals surface area (Å²) >= 11 is 0. The molecule has 3 rings (SSSR count). The quantitative estimate of drug-likeness (QED) is 0.724. The van der Waals surface area contributed by atoms with Gasteiger partial charge >= 0.3 is 0 Å². The van der Waals surface area contributed by atoms with Crippen molar-refractivity contribution in [2.75, 3.05) is 5.32 Å². The lowest BCUT2D eigenvalue weighted by atomic mass is 10.2. The average Bonchev–Trinajstić information content (AvgIpc) is 2.99. The first-order valence-electron chi connectivity index (χ1n) is 7.44. The molecule has 6 nitrogen and oxygen atoms in total. The number of aryl methyl sites for hydroxylation is 1. The fourth-order valence-electron chi connectivity index (χ4n) is 2.22. The summed E-state index contributed by atoms with van der Waals surface area (Å²) in [4.78, 5) is 15.6. The highest BCUT2D eigenvalue weighted by Gasteiger charge is 2.09. The van der Waals surface area contributed by atoms with Crippen LogP contribution in [0, 0.1) is 6.92 Å². The van der Waals surface area contributed by atoms with Crippen LogP contribution in [0.5, 0.6) is 11.5 Å². The molecule has 3 aromatic rings. The predicted molar refractivity (Wildman–Crippen MR) is 90.0 cm³/mol. The number of hydrogen-bond donors (Lipinski definition) is 2. The maximum atomic E-state index is 11.5. The second kappa shape index (κ2) is 6.87. The summed E-state index contributed by atoms with van der Waals surface area (Å²) in [6, 6.07) is 14.2. The molecule has 0 spiro atoms. The van der Waals surface area contributed by atoms with E-state index >= 15 is 0 Å². The molecule has 24 heavy (non-hydrogen) atoms. The Hall–Kier alpha value is -3.28. The van der Waals surface area contributed by atoms with Gasteiger partial charge in [-0.1, -0.05) is 18.2 Å². The second-order valence-corrected chi connectivity index (χ2v) is 5.21. The minimum absolute atomic E-state index is 0.339. The maximum absolute atomic E-state index is 11.5. The zero-order valence-electron chi connectivity index (χ0n) is 13.2. The van der Waals surface area contributed by atoms with Crippen LogP contribution in [0.4, 0.5) is 5.69 Å². The first-order valence-corrected chi connectivity index (χ1v) is 7.44. The fourth-order valence-corrected chi connectivity index (χ4v) is 2.22. The van der Waals surface area contributed by atoms with E-state index in [0.29, 0.717) is 29.5 Å². The van der Waals surface area contributed by atoms with E-state index in [2.05, 4.69) is 10.3 Å². The van der Waals surface area contributed by atoms with Crippen molar-refractivity contribution in [3.63, 3.8) is 0 Å². The topological polar surface area (TPSA) is 90.4 Å². The zero-order chi connectivity index (χ0) is 16.9. The molecular weight excluding hydrogens is 306 g/mol. The molecule has 0 aliphatic carbocycles. The third kappa shape index (κ3) is 3.73. The van der Waals surface area contributed by atoms with E-state index in [1.807, 2.05) is 25.1 Å². The third-order valence-corrected chi connectivity index (χ3v) is 3.33. The standard InChI is InChI=1S/C18H17N3O3/c1-12-10-21-17(23-12)11-20-13-5-4-6-14(9-13)24-16-8-3-2-7-15(16)18(19)22/h2-10,20H,11H2,1H3,(H2,19,22). The van der Waals surface area contributed by atoms with Crippen molar-refractivity contribution in [3.05, 3.63) is 71.9 Å². The number of para-hydroxylation sites is 1. The number of oxazole rings is 1. The van der Waals surface area contributed by atoms with Crippen LogP contribution >= 0.6 is 0 Å². The molecule has 2 aromatic carbocycles. The van der Waals surface area contributed by atoms with Crippen LogP contribution in [-0.4, -0.2) is 10.9 Å². The number of anilines is 1. The van der Waals surface area contributed by atoms with Gasteiger partial charge in [0.1, 0.15) is 17.3 Å². The minimum Gasteiger partial charge on any atom is -0.456 e. The molecule has 1 aromatic heterocycles. The van der Waals surface area contributed by atoms with Crippen molar-refractivity contribution >= 4 is 11.6 Å². The largest absolute Gasteiger partial charge is 0.456 e. The molecule has 1 heterocycles.